The molecule has 1 aromatic carbocycles. The fraction of sp³-hybridized carbons (Fsp3) is 0.333. The Morgan fingerprint density at radius 3 is 2.90 bits per heavy atom. The number of benzene rings is 1. The highest BCUT2D eigenvalue weighted by molar-refractivity contribution is 7.91. The molecule has 7 nitrogen and oxygen atoms in total. The predicted molar refractivity (Wildman–Crippen MR) is 71.3 cm³/mol. The number of aliphatic hydroxyl groups excluding tert-OH is 1. The molecule has 0 saturated carbocycles. The number of methoxy groups -OCH3 is 1. The molecule has 0 saturated heterocycles. The van der Waals surface area contributed by atoms with Crippen LogP contribution in [0.4, 0.5) is 0 Å². The Bertz CT molecular complexity index is 682. The van der Waals surface area contributed by atoms with Gasteiger partial charge in [-0.2, -0.15) is 0 Å². The van der Waals surface area contributed by atoms with Crippen LogP contribution in [-0.4, -0.2) is 47.8 Å². The molecule has 0 aliphatic rings. The minimum atomic E-state index is -3.61. The van der Waals surface area contributed by atoms with Gasteiger partial charge in [-0.3, -0.25) is 0 Å². The molecule has 0 amide bonds. The summed E-state index contributed by atoms with van der Waals surface area (Å²) in [6.45, 7) is -0.0639. The topological polar surface area (TPSA) is 94.3 Å². The molecular formula is C12H15N3O4S. The average Bonchev–Trinajstić information content (AvgIpc) is 2.88. The van der Waals surface area contributed by atoms with Crippen molar-refractivity contribution < 1.29 is 18.3 Å². The Hall–Kier alpha value is -1.93. The van der Waals surface area contributed by atoms with Crippen molar-refractivity contribution in [1.29, 1.82) is 0 Å². The van der Waals surface area contributed by atoms with Gasteiger partial charge in [-0.05, 0) is 17.7 Å². The van der Waals surface area contributed by atoms with Crippen molar-refractivity contribution >= 4 is 9.84 Å². The van der Waals surface area contributed by atoms with Gasteiger partial charge in [0.15, 0.2) is 0 Å². The summed E-state index contributed by atoms with van der Waals surface area (Å²) in [6, 6.07) is 7.38. The van der Waals surface area contributed by atoms with Gasteiger partial charge in [-0.15, -0.1) is 5.10 Å². The van der Waals surface area contributed by atoms with Crippen LogP contribution >= 0.6 is 0 Å². The first kappa shape index (κ1) is 14.5. The van der Waals surface area contributed by atoms with Crippen molar-refractivity contribution in [3.63, 3.8) is 0 Å². The molecule has 1 heterocycles. The zero-order valence-electron chi connectivity index (χ0n) is 10.9. The van der Waals surface area contributed by atoms with Gasteiger partial charge in [0.25, 0.3) is 5.16 Å². The van der Waals surface area contributed by atoms with Crippen molar-refractivity contribution in [2.24, 2.45) is 0 Å². The molecule has 0 fully saturated rings. The van der Waals surface area contributed by atoms with Crippen LogP contribution in [0, 0.1) is 0 Å². The van der Waals surface area contributed by atoms with Gasteiger partial charge in [0.2, 0.25) is 9.84 Å². The third-order valence-electron chi connectivity index (χ3n) is 2.63. The van der Waals surface area contributed by atoms with E-state index in [4.69, 9.17) is 9.84 Å². The van der Waals surface area contributed by atoms with Crippen LogP contribution in [0.5, 0.6) is 5.75 Å². The van der Waals surface area contributed by atoms with Gasteiger partial charge in [0.05, 0.1) is 26.0 Å². The Morgan fingerprint density at radius 1 is 1.40 bits per heavy atom. The number of hydrogen-bond donors (Lipinski definition) is 1. The van der Waals surface area contributed by atoms with E-state index >= 15 is 0 Å². The molecule has 2 rings (SSSR count). The van der Waals surface area contributed by atoms with Crippen LogP contribution in [0.15, 0.2) is 35.7 Å². The lowest BCUT2D eigenvalue weighted by Crippen LogP contribution is -2.12. The zero-order valence-corrected chi connectivity index (χ0v) is 11.7. The molecule has 0 spiro atoms. The SMILES string of the molecule is COc1cccc(Cn2cnc(S(=O)(=O)CCO)n2)c1. The highest BCUT2D eigenvalue weighted by Gasteiger charge is 2.18. The first-order valence-electron chi connectivity index (χ1n) is 5.91. The second kappa shape index (κ2) is 6.02. The minimum Gasteiger partial charge on any atom is -0.497 e. The van der Waals surface area contributed by atoms with E-state index in [2.05, 4.69) is 10.1 Å². The Labute approximate surface area is 116 Å². The summed E-state index contributed by atoms with van der Waals surface area (Å²) in [4.78, 5) is 3.77. The van der Waals surface area contributed by atoms with E-state index in [1.165, 1.54) is 11.0 Å². The molecule has 8 heteroatoms. The van der Waals surface area contributed by atoms with E-state index in [1.807, 2.05) is 24.3 Å². The lowest BCUT2D eigenvalue weighted by Gasteiger charge is -2.04. The summed E-state index contributed by atoms with van der Waals surface area (Å²) in [5.41, 5.74) is 0.917. The fourth-order valence-electron chi connectivity index (χ4n) is 1.67. The first-order chi connectivity index (χ1) is 9.55. The second-order valence-electron chi connectivity index (χ2n) is 4.12. The number of nitrogens with zero attached hydrogens (tertiary/aromatic N) is 3. The lowest BCUT2D eigenvalue weighted by molar-refractivity contribution is 0.319. The summed E-state index contributed by atoms with van der Waals surface area (Å²) in [6.07, 6.45) is 1.35. The van der Waals surface area contributed by atoms with Crippen LogP contribution in [-0.2, 0) is 16.4 Å². The van der Waals surface area contributed by atoms with Gasteiger partial charge in [0.1, 0.15) is 12.1 Å². The molecule has 0 unspecified atom stereocenters. The molecule has 0 atom stereocenters. The number of rotatable bonds is 6. The van der Waals surface area contributed by atoms with E-state index in [-0.39, 0.29) is 10.9 Å². The summed E-state index contributed by atoms with van der Waals surface area (Å²) >= 11 is 0. The van der Waals surface area contributed by atoms with E-state index in [1.54, 1.807) is 7.11 Å². The van der Waals surface area contributed by atoms with Crippen molar-refractivity contribution in [3.8, 4) is 5.75 Å². The number of ether oxygens (including phenoxy) is 1. The number of hydrogen-bond acceptors (Lipinski definition) is 6. The summed E-state index contributed by atoms with van der Waals surface area (Å²) < 4.78 is 29.9. The summed E-state index contributed by atoms with van der Waals surface area (Å²) in [5, 5.41) is 12.4. The number of aromatic nitrogens is 3. The molecule has 0 bridgehead atoms. The number of aliphatic hydroxyl groups is 1. The maximum absolute atomic E-state index is 11.7. The van der Waals surface area contributed by atoms with Gasteiger partial charge < -0.3 is 9.84 Å². The summed E-state index contributed by atoms with van der Waals surface area (Å²) in [7, 11) is -2.03. The molecule has 0 aliphatic heterocycles. The molecule has 0 radical (unpaired) electrons. The molecular weight excluding hydrogens is 282 g/mol. The van der Waals surface area contributed by atoms with Gasteiger partial charge in [-0.1, -0.05) is 12.1 Å². The quantitative estimate of drug-likeness (QED) is 0.812. The predicted octanol–water partition coefficient (Wildman–Crippen LogP) is 0.101. The van der Waals surface area contributed by atoms with Crippen molar-refractivity contribution in [3.05, 3.63) is 36.2 Å². The highest BCUT2D eigenvalue weighted by atomic mass is 32.2. The molecule has 2 aromatic rings. The largest absolute Gasteiger partial charge is 0.497 e. The van der Waals surface area contributed by atoms with Gasteiger partial charge >= 0.3 is 0 Å². The first-order valence-corrected chi connectivity index (χ1v) is 7.56. The smallest absolute Gasteiger partial charge is 0.266 e. The van der Waals surface area contributed by atoms with E-state index in [9.17, 15) is 8.42 Å². The normalized spacial score (nSPS) is 11.5. The Balaban J connectivity index is 2.17. The minimum absolute atomic E-state index is 0.269. The zero-order chi connectivity index (χ0) is 14.6. The highest BCUT2D eigenvalue weighted by Crippen LogP contribution is 2.13. The van der Waals surface area contributed by atoms with E-state index < -0.39 is 16.4 Å². The van der Waals surface area contributed by atoms with Gasteiger partial charge in [-0.25, -0.2) is 18.1 Å². The van der Waals surface area contributed by atoms with Crippen LogP contribution in [0.25, 0.3) is 0 Å². The second-order valence-corrected chi connectivity index (χ2v) is 6.12. The average molecular weight is 297 g/mol. The third kappa shape index (κ3) is 3.34. The molecule has 1 aromatic heterocycles. The van der Waals surface area contributed by atoms with Crippen LogP contribution in [0.2, 0.25) is 0 Å². The molecule has 1 N–H and O–H groups in total. The van der Waals surface area contributed by atoms with Crippen molar-refractivity contribution in [2.45, 2.75) is 11.7 Å². The van der Waals surface area contributed by atoms with Gasteiger partial charge in [0, 0.05) is 0 Å². The van der Waals surface area contributed by atoms with Crippen molar-refractivity contribution in [1.82, 2.24) is 14.8 Å². The standard InChI is InChI=1S/C12H15N3O4S/c1-19-11-4-2-3-10(7-11)8-15-9-13-12(14-15)20(17,18)6-5-16/h2-4,7,9,16H,5-6,8H2,1H3. The van der Waals surface area contributed by atoms with E-state index in [0.717, 1.165) is 11.3 Å². The fourth-order valence-corrected chi connectivity index (χ4v) is 2.53. The summed E-state index contributed by atoms with van der Waals surface area (Å²) in [5.74, 6) is 0.339. The molecule has 0 aliphatic carbocycles. The molecule has 108 valence electrons. The maximum Gasteiger partial charge on any atom is 0.266 e. The van der Waals surface area contributed by atoms with Crippen LogP contribution < -0.4 is 4.74 Å². The lowest BCUT2D eigenvalue weighted by atomic mass is 10.2. The number of sulfone groups is 1. The third-order valence-corrected chi connectivity index (χ3v) is 4.10. The molecule has 20 heavy (non-hydrogen) atoms. The van der Waals surface area contributed by atoms with Crippen LogP contribution in [0.1, 0.15) is 5.56 Å². The monoisotopic (exact) mass is 297 g/mol. The maximum atomic E-state index is 11.7. The van der Waals surface area contributed by atoms with Crippen molar-refractivity contribution in [2.75, 3.05) is 19.5 Å². The Kier molecular flexibility index (Phi) is 4.35. The Morgan fingerprint density at radius 2 is 2.20 bits per heavy atom. The van der Waals surface area contributed by atoms with Crippen LogP contribution in [0.3, 0.4) is 0 Å². The van der Waals surface area contributed by atoms with E-state index in [0.29, 0.717) is 6.54 Å².